The predicted octanol–water partition coefficient (Wildman–Crippen LogP) is 0.713. The van der Waals surface area contributed by atoms with Gasteiger partial charge in [-0.3, -0.25) is 9.59 Å². The Bertz CT molecular complexity index is 609. The second-order valence-electron chi connectivity index (χ2n) is 5.16. The monoisotopic (exact) mass is 343 g/mol. The SMILES string of the molecule is C[NH+]1CCC(=NNC(=O)C(=O)Nc2ccc(Cl)c(Cl)c2)CC1. The largest absolute Gasteiger partial charge is 0.337 e. The number of nitrogens with zero attached hydrogens (tertiary/aromatic N) is 1. The van der Waals surface area contributed by atoms with Crippen molar-refractivity contribution in [3.05, 3.63) is 28.2 Å². The van der Waals surface area contributed by atoms with Gasteiger partial charge in [-0.2, -0.15) is 5.10 Å². The maximum atomic E-state index is 11.8. The van der Waals surface area contributed by atoms with Crippen LogP contribution in [0.2, 0.25) is 10.0 Å². The van der Waals surface area contributed by atoms with Gasteiger partial charge >= 0.3 is 11.8 Å². The van der Waals surface area contributed by atoms with Crippen LogP contribution in [0, 0.1) is 0 Å². The first-order chi connectivity index (χ1) is 10.5. The van der Waals surface area contributed by atoms with Crippen molar-refractivity contribution >= 4 is 46.4 Å². The molecule has 1 aromatic rings. The molecule has 2 amide bonds. The number of carbonyl (C=O) groups is 2. The zero-order valence-electron chi connectivity index (χ0n) is 12.1. The number of benzene rings is 1. The van der Waals surface area contributed by atoms with Crippen LogP contribution in [0.1, 0.15) is 12.8 Å². The van der Waals surface area contributed by atoms with Crippen molar-refractivity contribution in [3.8, 4) is 0 Å². The average Bonchev–Trinajstić information content (AvgIpc) is 2.50. The highest BCUT2D eigenvalue weighted by molar-refractivity contribution is 6.42. The number of anilines is 1. The van der Waals surface area contributed by atoms with Crippen molar-refractivity contribution in [2.75, 3.05) is 25.5 Å². The summed E-state index contributed by atoms with van der Waals surface area (Å²) >= 11 is 11.6. The van der Waals surface area contributed by atoms with Crippen LogP contribution >= 0.6 is 23.2 Å². The second kappa shape index (κ2) is 7.58. The quantitative estimate of drug-likeness (QED) is 0.546. The number of hydrogen-bond donors (Lipinski definition) is 3. The molecule has 3 N–H and O–H groups in total. The van der Waals surface area contributed by atoms with E-state index >= 15 is 0 Å². The summed E-state index contributed by atoms with van der Waals surface area (Å²) in [6.45, 7) is 1.95. The third-order valence-electron chi connectivity index (χ3n) is 3.38. The fourth-order valence-corrected chi connectivity index (χ4v) is 2.32. The molecule has 1 fully saturated rings. The fraction of sp³-hybridized carbons (Fsp3) is 0.357. The van der Waals surface area contributed by atoms with Crippen LogP contribution in [-0.4, -0.2) is 37.7 Å². The smallest absolute Gasteiger partial charge is 0.329 e. The van der Waals surface area contributed by atoms with Gasteiger partial charge in [0.15, 0.2) is 0 Å². The number of amides is 2. The number of likely N-dealkylation sites (tertiary alicyclic amines) is 1. The Labute approximate surface area is 138 Å². The van der Waals surface area contributed by atoms with Crippen molar-refractivity contribution < 1.29 is 14.5 Å². The number of hydrogen-bond acceptors (Lipinski definition) is 3. The second-order valence-corrected chi connectivity index (χ2v) is 5.97. The summed E-state index contributed by atoms with van der Waals surface area (Å²) in [6.07, 6.45) is 1.64. The van der Waals surface area contributed by atoms with Gasteiger partial charge in [0, 0.05) is 24.2 Å². The molecule has 0 aromatic heterocycles. The summed E-state index contributed by atoms with van der Waals surface area (Å²) in [4.78, 5) is 24.9. The highest BCUT2D eigenvalue weighted by Crippen LogP contribution is 2.24. The molecule has 22 heavy (non-hydrogen) atoms. The molecule has 0 bridgehead atoms. The maximum absolute atomic E-state index is 11.8. The van der Waals surface area contributed by atoms with E-state index in [0.717, 1.165) is 31.6 Å². The van der Waals surface area contributed by atoms with E-state index in [1.807, 2.05) is 0 Å². The van der Waals surface area contributed by atoms with Gasteiger partial charge in [0.1, 0.15) is 0 Å². The lowest BCUT2D eigenvalue weighted by atomic mass is 10.1. The molecule has 1 aromatic carbocycles. The van der Waals surface area contributed by atoms with Gasteiger partial charge in [-0.15, -0.1) is 0 Å². The lowest BCUT2D eigenvalue weighted by Crippen LogP contribution is -3.10. The minimum atomic E-state index is -0.815. The van der Waals surface area contributed by atoms with Crippen LogP contribution in [0.25, 0.3) is 0 Å². The van der Waals surface area contributed by atoms with E-state index in [1.54, 1.807) is 12.1 Å². The van der Waals surface area contributed by atoms with Crippen molar-refractivity contribution in [2.45, 2.75) is 12.8 Å². The number of rotatable bonds is 2. The van der Waals surface area contributed by atoms with Gasteiger partial charge in [0.05, 0.1) is 30.2 Å². The molecule has 1 heterocycles. The number of piperidine rings is 1. The zero-order chi connectivity index (χ0) is 16.1. The Balaban J connectivity index is 1.88. The third kappa shape index (κ3) is 4.69. The summed E-state index contributed by atoms with van der Waals surface area (Å²) < 4.78 is 0. The Morgan fingerprint density at radius 3 is 2.45 bits per heavy atom. The van der Waals surface area contributed by atoms with Crippen molar-refractivity contribution in [3.63, 3.8) is 0 Å². The van der Waals surface area contributed by atoms with E-state index in [9.17, 15) is 9.59 Å². The molecule has 1 saturated heterocycles. The number of nitrogens with one attached hydrogen (secondary N) is 3. The molecule has 6 nitrogen and oxygen atoms in total. The Kier molecular flexibility index (Phi) is 5.76. The molecule has 118 valence electrons. The molecule has 1 aliphatic rings. The summed E-state index contributed by atoms with van der Waals surface area (Å²) in [5.74, 6) is -1.62. The van der Waals surface area contributed by atoms with Gasteiger partial charge in [-0.05, 0) is 18.2 Å². The van der Waals surface area contributed by atoms with E-state index < -0.39 is 11.8 Å². The minimum Gasteiger partial charge on any atom is -0.337 e. The summed E-state index contributed by atoms with van der Waals surface area (Å²) in [5, 5.41) is 7.12. The van der Waals surface area contributed by atoms with E-state index in [2.05, 4.69) is 22.9 Å². The first-order valence-electron chi connectivity index (χ1n) is 6.89. The van der Waals surface area contributed by atoms with Crippen molar-refractivity contribution in [2.24, 2.45) is 5.10 Å². The Morgan fingerprint density at radius 1 is 1.14 bits per heavy atom. The Morgan fingerprint density at radius 2 is 1.82 bits per heavy atom. The van der Waals surface area contributed by atoms with Gasteiger partial charge in [-0.25, -0.2) is 5.43 Å². The highest BCUT2D eigenvalue weighted by atomic mass is 35.5. The third-order valence-corrected chi connectivity index (χ3v) is 4.12. The van der Waals surface area contributed by atoms with E-state index in [0.29, 0.717) is 15.7 Å². The van der Waals surface area contributed by atoms with Crippen LogP contribution in [0.15, 0.2) is 23.3 Å². The molecule has 0 atom stereocenters. The normalized spacial score (nSPS) is 17.8. The molecule has 1 aliphatic heterocycles. The molecule has 0 saturated carbocycles. The molecule has 0 radical (unpaired) electrons. The molecular formula is C14H17Cl2N4O2+. The summed E-state index contributed by atoms with van der Waals surface area (Å²) in [5.41, 5.74) is 3.58. The van der Waals surface area contributed by atoms with Crippen molar-refractivity contribution in [1.29, 1.82) is 0 Å². The van der Waals surface area contributed by atoms with E-state index in [-0.39, 0.29) is 0 Å². The molecular weight excluding hydrogens is 327 g/mol. The van der Waals surface area contributed by atoms with Gasteiger partial charge < -0.3 is 10.2 Å². The Hall–Kier alpha value is -1.63. The molecule has 0 aliphatic carbocycles. The lowest BCUT2D eigenvalue weighted by molar-refractivity contribution is -0.880. The maximum Gasteiger partial charge on any atom is 0.329 e. The van der Waals surface area contributed by atoms with Crippen LogP contribution in [0.5, 0.6) is 0 Å². The van der Waals surface area contributed by atoms with Crippen LogP contribution in [-0.2, 0) is 9.59 Å². The van der Waals surface area contributed by atoms with Crippen LogP contribution < -0.4 is 15.6 Å². The summed E-state index contributed by atoms with van der Waals surface area (Å²) in [7, 11) is 2.11. The molecule has 8 heteroatoms. The van der Waals surface area contributed by atoms with Gasteiger partial charge in [0.25, 0.3) is 0 Å². The first kappa shape index (κ1) is 16.7. The molecule has 2 rings (SSSR count). The van der Waals surface area contributed by atoms with E-state index in [1.165, 1.54) is 11.0 Å². The number of hydrazone groups is 1. The summed E-state index contributed by atoms with van der Waals surface area (Å²) in [6, 6.07) is 4.57. The van der Waals surface area contributed by atoms with Crippen LogP contribution in [0.3, 0.4) is 0 Å². The van der Waals surface area contributed by atoms with Gasteiger partial charge in [-0.1, -0.05) is 23.2 Å². The lowest BCUT2D eigenvalue weighted by Gasteiger charge is -2.20. The van der Waals surface area contributed by atoms with Crippen LogP contribution in [0.4, 0.5) is 5.69 Å². The topological polar surface area (TPSA) is 75.0 Å². The number of halogens is 2. The minimum absolute atomic E-state index is 0.300. The van der Waals surface area contributed by atoms with Gasteiger partial charge in [0.2, 0.25) is 0 Å². The fourth-order valence-electron chi connectivity index (χ4n) is 2.02. The van der Waals surface area contributed by atoms with E-state index in [4.69, 9.17) is 23.2 Å². The predicted molar refractivity (Wildman–Crippen MR) is 86.5 cm³/mol. The average molecular weight is 344 g/mol. The standard InChI is InChI=1S/C14H16Cl2N4O2/c1-20-6-4-9(5-7-20)18-19-14(22)13(21)17-10-2-3-11(15)12(16)8-10/h2-3,8H,4-7H2,1H3,(H,17,21)(H,19,22)/p+1. The highest BCUT2D eigenvalue weighted by Gasteiger charge is 2.17. The number of quaternary nitrogens is 1. The molecule has 0 spiro atoms. The zero-order valence-corrected chi connectivity index (χ0v) is 13.6. The molecule has 0 unspecified atom stereocenters. The first-order valence-corrected chi connectivity index (χ1v) is 7.64. The number of carbonyl (C=O) groups excluding carboxylic acids is 2. The van der Waals surface area contributed by atoms with Crippen molar-refractivity contribution in [1.82, 2.24) is 5.43 Å².